The van der Waals surface area contributed by atoms with Crippen LogP contribution in [0.2, 0.25) is 0 Å². The molecule has 0 aliphatic heterocycles. The van der Waals surface area contributed by atoms with Crippen LogP contribution in [0.4, 0.5) is 0 Å². The van der Waals surface area contributed by atoms with E-state index in [0.717, 1.165) is 15.9 Å². The predicted octanol–water partition coefficient (Wildman–Crippen LogP) is 7.32. The molecule has 0 aromatic heterocycles. The van der Waals surface area contributed by atoms with Gasteiger partial charge in [0.1, 0.15) is 5.66 Å². The molecule has 0 saturated heterocycles. The first-order chi connectivity index (χ1) is 21.6. The molecule has 0 spiro atoms. The first-order valence-corrected chi connectivity index (χ1v) is 24.5. The third-order valence-electron chi connectivity index (χ3n) is 6.61. The Hall–Kier alpha value is -2.62. The fraction of sp³-hybridized carbons (Fsp3) is 0. The molecule has 0 aliphatic carbocycles. The summed E-state index contributed by atoms with van der Waals surface area (Å²) in [5.74, 6) is 0. The summed E-state index contributed by atoms with van der Waals surface area (Å²) in [5, 5.41) is 3.12. The predicted molar refractivity (Wildman–Crippen MR) is 192 cm³/mol. The van der Waals surface area contributed by atoms with E-state index < -0.39 is 34.5 Å². The molecule has 0 atom stereocenters. The number of benzene rings is 6. The first kappa shape index (κ1) is 34.3. The third-order valence-corrected chi connectivity index (χ3v) is 15.2. The molecule has 1 nitrogen and oxygen atoms in total. The van der Waals surface area contributed by atoms with E-state index in [1.54, 1.807) is 0 Å². The van der Waals surface area contributed by atoms with E-state index in [-0.39, 0.29) is 0 Å². The zero-order valence-electron chi connectivity index (χ0n) is 23.6. The second kappa shape index (κ2) is 18.4. The summed E-state index contributed by atoms with van der Waals surface area (Å²) < 4.78 is 4.44. The molecule has 6 aromatic rings. The Morgan fingerprint density at radius 2 is 0.614 bits per heavy atom. The summed E-state index contributed by atoms with van der Waals surface area (Å²) >= 11 is -3.05. The second-order valence-corrected chi connectivity index (χ2v) is 24.4. The average Bonchev–Trinajstić information content (AvgIpc) is 3.09. The molecule has 0 amide bonds. The van der Waals surface area contributed by atoms with Gasteiger partial charge >= 0.3 is 161 Å². The van der Waals surface area contributed by atoms with E-state index in [1.165, 1.54) is 13.1 Å². The monoisotopic (exact) mass is 804 g/mol. The maximum atomic E-state index is 12.2. The molecule has 7 heteroatoms. The Bertz CT molecular complexity index is 1540. The average molecular weight is 806 g/mol. The van der Waals surface area contributed by atoms with Crippen LogP contribution in [0.5, 0.6) is 0 Å². The van der Waals surface area contributed by atoms with Crippen LogP contribution >= 0.6 is 36.0 Å². The molecule has 6 rings (SSSR count). The Kier molecular flexibility index (Phi) is 14.3. The molecule has 6 aromatic carbocycles. The van der Waals surface area contributed by atoms with E-state index >= 15 is 0 Å². The van der Waals surface area contributed by atoms with Gasteiger partial charge in [0.2, 0.25) is 0 Å². The maximum absolute atomic E-state index is 12.2. The quantitative estimate of drug-likeness (QED) is 0.128. The van der Waals surface area contributed by atoms with Crippen molar-refractivity contribution >= 4 is 85.2 Å². The molecule has 0 bridgehead atoms. The zero-order chi connectivity index (χ0) is 31.0. The molecule has 224 valence electrons. The van der Waals surface area contributed by atoms with Crippen molar-refractivity contribution in [3.8, 4) is 0 Å². The number of hydrogen-bond acceptors (Lipinski definition) is 1. The van der Waals surface area contributed by atoms with E-state index in [0.29, 0.717) is 0 Å². The Morgan fingerprint density at radius 1 is 0.409 bits per heavy atom. The van der Waals surface area contributed by atoms with Crippen molar-refractivity contribution < 1.29 is 17.8 Å². The van der Waals surface area contributed by atoms with E-state index in [1.807, 2.05) is 91.0 Å². The topological polar surface area (TPSA) is 17.1 Å². The van der Waals surface area contributed by atoms with Gasteiger partial charge in [-0.1, -0.05) is 91.0 Å². The molecule has 0 radical (unpaired) electrons. The zero-order valence-corrected chi connectivity index (χ0v) is 30.3. The molecule has 0 heterocycles. The van der Waals surface area contributed by atoms with Crippen molar-refractivity contribution in [1.82, 2.24) is 0 Å². The first-order valence-electron chi connectivity index (χ1n) is 13.6. The summed E-state index contributed by atoms with van der Waals surface area (Å²) in [5.41, 5.74) is 2.43. The van der Waals surface area contributed by atoms with Crippen molar-refractivity contribution in [2.75, 3.05) is 0 Å². The Balaban J connectivity index is 0.000000180. The molecule has 0 aliphatic rings. The summed E-state index contributed by atoms with van der Waals surface area (Å²) in [7, 11) is 14.8. The van der Waals surface area contributed by atoms with E-state index in [9.17, 15) is 4.79 Å². The standard InChI is InChI=1S/C19H15OP.C18H15As.3ClH.Rh/c20-16-21(17-10-4-1-5-11-17,18-12-6-2-7-13-18)19-14-8-3-9-15-19;1-4-10-16(11-5-1)19(17-12-6-2-7-13-17)18-14-8-3-9-15-18;;;;/h1-15H;1-15H;3*1H;/q;;;;;+3/p-3. The number of hydrogen-bond donors (Lipinski definition) is 0. The van der Waals surface area contributed by atoms with Gasteiger partial charge in [-0.05, 0) is 15.9 Å². The van der Waals surface area contributed by atoms with Crippen molar-refractivity contribution in [3.63, 3.8) is 0 Å². The number of halogens is 3. The van der Waals surface area contributed by atoms with Gasteiger partial charge < -0.3 is 0 Å². The van der Waals surface area contributed by atoms with Crippen molar-refractivity contribution in [2.45, 2.75) is 0 Å². The number of carbonyl (C=O) groups excluding carboxylic acids is 1. The Labute approximate surface area is 282 Å². The fourth-order valence-electron chi connectivity index (χ4n) is 4.74. The second-order valence-electron chi connectivity index (χ2n) is 9.25. The molecule has 0 N–H and O–H groups in total. The summed E-state index contributed by atoms with van der Waals surface area (Å²) in [4.78, 5) is 12.2. The van der Waals surface area contributed by atoms with Gasteiger partial charge in [0.25, 0.3) is 0 Å². The van der Waals surface area contributed by atoms with Crippen LogP contribution in [0.1, 0.15) is 0 Å². The van der Waals surface area contributed by atoms with Gasteiger partial charge in [-0.25, -0.2) is 4.79 Å². The van der Waals surface area contributed by atoms with Crippen LogP contribution < -0.4 is 29.0 Å². The third kappa shape index (κ3) is 9.44. The van der Waals surface area contributed by atoms with Crippen LogP contribution in [-0.4, -0.2) is 20.3 Å². The van der Waals surface area contributed by atoms with Crippen LogP contribution in [0.3, 0.4) is 0 Å². The van der Waals surface area contributed by atoms with Gasteiger partial charge in [0, 0.05) is 0 Å². The molecule has 0 unspecified atom stereocenters. The van der Waals surface area contributed by atoms with Crippen molar-refractivity contribution in [1.29, 1.82) is 0 Å². The van der Waals surface area contributed by atoms with E-state index in [4.69, 9.17) is 29.1 Å². The molecule has 44 heavy (non-hydrogen) atoms. The van der Waals surface area contributed by atoms with Gasteiger partial charge in [-0.15, -0.1) is 0 Å². The van der Waals surface area contributed by atoms with Gasteiger partial charge in [0.05, 0.1) is 6.89 Å². The van der Waals surface area contributed by atoms with Crippen LogP contribution in [0, 0.1) is 0 Å². The number of rotatable bonds is 6. The summed E-state index contributed by atoms with van der Waals surface area (Å²) in [6.45, 7) is -2.34. The minimum atomic E-state index is -2.34. The Morgan fingerprint density at radius 3 is 0.818 bits per heavy atom. The molecular formula is C37H30AsCl3OPRh. The molecular weight excluding hydrogens is 776 g/mol. The van der Waals surface area contributed by atoms with Gasteiger partial charge in [-0.3, -0.25) is 0 Å². The SMILES string of the molecule is O=C=P(c1ccccc1)(c1ccccc1)c1ccccc1.[Cl][Rh]([Cl])[Cl].c1ccc([As](c2ccccc2)c2ccccc2)cc1. The molecule has 0 fully saturated rings. The van der Waals surface area contributed by atoms with Gasteiger partial charge in [-0.2, -0.15) is 0 Å². The van der Waals surface area contributed by atoms with Gasteiger partial charge in [0.15, 0.2) is 0 Å². The minimum absolute atomic E-state index is 1.04. The van der Waals surface area contributed by atoms with Crippen molar-refractivity contribution in [3.05, 3.63) is 182 Å². The summed E-state index contributed by atoms with van der Waals surface area (Å²) in [6.07, 6.45) is 0. The normalized spacial score (nSPS) is 10.8. The van der Waals surface area contributed by atoms with Crippen LogP contribution in [-0.2, 0) is 17.8 Å². The van der Waals surface area contributed by atoms with Crippen LogP contribution in [0.25, 0.3) is 0 Å². The van der Waals surface area contributed by atoms with Crippen LogP contribution in [0.15, 0.2) is 182 Å². The van der Waals surface area contributed by atoms with E-state index in [2.05, 4.69) is 96.7 Å². The molecule has 0 saturated carbocycles. The summed E-state index contributed by atoms with van der Waals surface area (Å²) in [6, 6.07) is 62.7. The fourth-order valence-corrected chi connectivity index (χ4v) is 12.6. The van der Waals surface area contributed by atoms with Crippen molar-refractivity contribution in [2.24, 2.45) is 0 Å².